The first-order chi connectivity index (χ1) is 8.73. The highest BCUT2D eigenvalue weighted by atomic mass is 79.9. The number of halogens is 4. The molecule has 102 valence electrons. The van der Waals surface area contributed by atoms with Gasteiger partial charge < -0.3 is 10.2 Å². The highest BCUT2D eigenvalue weighted by molar-refractivity contribution is 9.10. The summed E-state index contributed by atoms with van der Waals surface area (Å²) >= 11 is 2.94. The number of nitrogens with zero attached hydrogens (tertiary/aromatic N) is 2. The van der Waals surface area contributed by atoms with Crippen LogP contribution in [0.15, 0.2) is 22.9 Å². The van der Waals surface area contributed by atoms with Crippen LogP contribution < -0.4 is 0 Å². The first-order valence-corrected chi connectivity index (χ1v) is 5.67. The van der Waals surface area contributed by atoms with Gasteiger partial charge in [-0.2, -0.15) is 13.2 Å². The van der Waals surface area contributed by atoms with Crippen molar-refractivity contribution in [2.75, 3.05) is 0 Å². The molecule has 2 aromatic rings. The molecule has 0 aliphatic rings. The number of aromatic carboxylic acids is 1. The van der Waals surface area contributed by atoms with Crippen LogP contribution in [0.3, 0.4) is 0 Å². The number of hydrogen-bond donors (Lipinski definition) is 2. The Hall–Kier alpha value is -1.61. The van der Waals surface area contributed by atoms with Crippen LogP contribution in [0.25, 0.3) is 5.65 Å². The second-order valence-corrected chi connectivity index (χ2v) is 4.41. The van der Waals surface area contributed by atoms with Crippen LogP contribution in [0, 0.1) is 0 Å². The number of aliphatic hydroxyl groups excluding tert-OH is 1. The number of carbonyl (C=O) groups is 1. The quantitative estimate of drug-likeness (QED) is 0.881. The first-order valence-electron chi connectivity index (χ1n) is 4.88. The van der Waals surface area contributed by atoms with Crippen LogP contribution in [-0.4, -0.2) is 31.7 Å². The van der Waals surface area contributed by atoms with Crippen LogP contribution in [0.2, 0.25) is 0 Å². The average molecular weight is 339 g/mol. The van der Waals surface area contributed by atoms with Gasteiger partial charge in [0.15, 0.2) is 11.8 Å². The Balaban J connectivity index is 2.71. The Bertz CT molecular complexity index is 653. The lowest BCUT2D eigenvalue weighted by atomic mass is 10.1. The highest BCUT2D eigenvalue weighted by Gasteiger charge is 2.41. The largest absolute Gasteiger partial charge is 0.476 e. The van der Waals surface area contributed by atoms with Gasteiger partial charge in [0, 0.05) is 11.8 Å². The number of alkyl halides is 3. The van der Waals surface area contributed by atoms with Gasteiger partial charge in [0.2, 0.25) is 0 Å². The Morgan fingerprint density at radius 3 is 2.63 bits per heavy atom. The van der Waals surface area contributed by atoms with Crippen molar-refractivity contribution < 1.29 is 28.2 Å². The van der Waals surface area contributed by atoms with E-state index in [9.17, 15) is 23.1 Å². The molecule has 0 saturated heterocycles. The Labute approximate surface area is 112 Å². The molecule has 5 nitrogen and oxygen atoms in total. The van der Waals surface area contributed by atoms with Crippen molar-refractivity contribution in [3.8, 4) is 0 Å². The predicted molar refractivity (Wildman–Crippen MR) is 60.9 cm³/mol. The molecule has 0 spiro atoms. The lowest BCUT2D eigenvalue weighted by molar-refractivity contribution is -0.206. The average Bonchev–Trinajstić information content (AvgIpc) is 2.65. The lowest BCUT2D eigenvalue weighted by Gasteiger charge is -2.15. The minimum atomic E-state index is -4.86. The van der Waals surface area contributed by atoms with Gasteiger partial charge in [-0.15, -0.1) is 0 Å². The zero-order valence-corrected chi connectivity index (χ0v) is 10.6. The molecule has 2 aromatic heterocycles. The fourth-order valence-electron chi connectivity index (χ4n) is 1.59. The van der Waals surface area contributed by atoms with Gasteiger partial charge in [0.05, 0.1) is 0 Å². The SMILES string of the molecule is O=C(O)c1nc2c(C(O)C(F)(F)F)cccn2c1Br. The highest BCUT2D eigenvalue weighted by Crippen LogP contribution is 2.35. The maximum absolute atomic E-state index is 12.5. The van der Waals surface area contributed by atoms with Gasteiger partial charge in [-0.05, 0) is 22.0 Å². The van der Waals surface area contributed by atoms with Crippen LogP contribution >= 0.6 is 15.9 Å². The molecular formula is C10H6BrF3N2O3. The maximum Gasteiger partial charge on any atom is 0.418 e. The van der Waals surface area contributed by atoms with Crippen molar-refractivity contribution in [1.82, 2.24) is 9.38 Å². The van der Waals surface area contributed by atoms with Gasteiger partial charge in [0.25, 0.3) is 0 Å². The number of carboxylic acids is 1. The molecule has 0 aromatic carbocycles. The zero-order chi connectivity index (χ0) is 14.4. The van der Waals surface area contributed by atoms with E-state index in [0.717, 1.165) is 10.5 Å². The smallest absolute Gasteiger partial charge is 0.418 e. The van der Waals surface area contributed by atoms with E-state index in [4.69, 9.17) is 5.11 Å². The number of rotatable bonds is 2. The molecule has 0 fully saturated rings. The summed E-state index contributed by atoms with van der Waals surface area (Å²) in [5, 5.41) is 18.1. The Morgan fingerprint density at radius 1 is 1.47 bits per heavy atom. The molecule has 2 N–H and O–H groups in total. The van der Waals surface area contributed by atoms with Gasteiger partial charge in [-0.3, -0.25) is 4.40 Å². The molecule has 1 atom stereocenters. The molecule has 19 heavy (non-hydrogen) atoms. The minimum Gasteiger partial charge on any atom is -0.476 e. The van der Waals surface area contributed by atoms with Crippen molar-refractivity contribution in [3.05, 3.63) is 34.2 Å². The number of aromatic nitrogens is 2. The minimum absolute atomic E-state index is 0.00576. The third-order valence-electron chi connectivity index (χ3n) is 2.43. The molecular weight excluding hydrogens is 333 g/mol. The number of imidazole rings is 1. The van der Waals surface area contributed by atoms with Gasteiger partial charge in [-0.25, -0.2) is 9.78 Å². The van der Waals surface area contributed by atoms with Crippen LogP contribution in [0.4, 0.5) is 13.2 Å². The third-order valence-corrected chi connectivity index (χ3v) is 3.19. The summed E-state index contributed by atoms with van der Waals surface area (Å²) in [4.78, 5) is 14.5. The molecule has 2 heterocycles. The number of hydrogen-bond acceptors (Lipinski definition) is 3. The van der Waals surface area contributed by atoms with Crippen LogP contribution in [0.1, 0.15) is 22.2 Å². The fraction of sp³-hybridized carbons (Fsp3) is 0.200. The standard InChI is InChI=1S/C10H6BrF3N2O3/c11-7-5(9(18)19)15-8-4(2-1-3-16(7)8)6(17)10(12,13)14/h1-3,6,17H,(H,18,19). The summed E-state index contributed by atoms with van der Waals surface area (Å²) in [6.07, 6.45) is -6.25. The Kier molecular flexibility index (Phi) is 3.27. The molecule has 1 unspecified atom stereocenters. The predicted octanol–water partition coefficient (Wildman–Crippen LogP) is 2.39. The Morgan fingerprint density at radius 2 is 2.11 bits per heavy atom. The number of pyridine rings is 1. The van der Waals surface area contributed by atoms with E-state index in [1.54, 1.807) is 0 Å². The summed E-state index contributed by atoms with van der Waals surface area (Å²) in [5.74, 6) is -1.39. The first kappa shape index (κ1) is 13.8. The maximum atomic E-state index is 12.5. The molecule has 0 bridgehead atoms. The molecule has 0 aliphatic heterocycles. The number of fused-ring (bicyclic) bond motifs is 1. The van der Waals surface area contributed by atoms with E-state index in [1.807, 2.05) is 0 Å². The van der Waals surface area contributed by atoms with Crippen molar-refractivity contribution in [2.24, 2.45) is 0 Å². The van der Waals surface area contributed by atoms with Gasteiger partial charge in [-0.1, -0.05) is 6.07 Å². The molecule has 9 heteroatoms. The third kappa shape index (κ3) is 2.30. The summed E-state index contributed by atoms with van der Waals surface area (Å²) in [6.45, 7) is 0. The van der Waals surface area contributed by atoms with Crippen LogP contribution in [0.5, 0.6) is 0 Å². The fourth-order valence-corrected chi connectivity index (χ4v) is 2.13. The van der Waals surface area contributed by atoms with E-state index in [-0.39, 0.29) is 10.3 Å². The van der Waals surface area contributed by atoms with Crippen molar-refractivity contribution >= 4 is 27.5 Å². The normalized spacial score (nSPS) is 13.7. The summed E-state index contributed by atoms with van der Waals surface area (Å²) < 4.78 is 38.7. The van der Waals surface area contributed by atoms with E-state index in [0.29, 0.717) is 0 Å². The summed E-state index contributed by atoms with van der Waals surface area (Å²) in [7, 11) is 0. The molecule has 0 amide bonds. The van der Waals surface area contributed by atoms with E-state index < -0.39 is 29.5 Å². The number of aliphatic hydroxyl groups is 1. The van der Waals surface area contributed by atoms with E-state index in [1.165, 1.54) is 12.3 Å². The number of carboxylic acid groups (broad SMARTS) is 1. The monoisotopic (exact) mass is 338 g/mol. The van der Waals surface area contributed by atoms with Crippen molar-refractivity contribution in [2.45, 2.75) is 12.3 Å². The molecule has 2 rings (SSSR count). The van der Waals surface area contributed by atoms with E-state index >= 15 is 0 Å². The van der Waals surface area contributed by atoms with Gasteiger partial charge in [0.1, 0.15) is 10.3 Å². The van der Waals surface area contributed by atoms with Crippen molar-refractivity contribution in [3.63, 3.8) is 0 Å². The second kappa shape index (κ2) is 4.49. The van der Waals surface area contributed by atoms with Crippen LogP contribution in [-0.2, 0) is 0 Å². The summed E-state index contributed by atoms with van der Waals surface area (Å²) in [6, 6.07) is 2.30. The second-order valence-electron chi connectivity index (χ2n) is 3.66. The topological polar surface area (TPSA) is 74.8 Å². The van der Waals surface area contributed by atoms with Crippen molar-refractivity contribution in [1.29, 1.82) is 0 Å². The van der Waals surface area contributed by atoms with E-state index in [2.05, 4.69) is 20.9 Å². The molecule has 0 radical (unpaired) electrons. The molecule has 0 saturated carbocycles. The lowest BCUT2D eigenvalue weighted by Crippen LogP contribution is -2.20. The van der Waals surface area contributed by atoms with Gasteiger partial charge >= 0.3 is 12.1 Å². The zero-order valence-electron chi connectivity index (χ0n) is 9.02. The summed E-state index contributed by atoms with van der Waals surface area (Å²) in [5.41, 5.74) is -1.21. The molecule has 0 aliphatic carbocycles.